The number of benzene rings is 1. The van der Waals surface area contributed by atoms with Crippen molar-refractivity contribution in [1.29, 1.82) is 0 Å². The van der Waals surface area contributed by atoms with Gasteiger partial charge in [-0.2, -0.15) is 0 Å². The van der Waals surface area contributed by atoms with Gasteiger partial charge >= 0.3 is 0 Å². The highest BCUT2D eigenvalue weighted by Crippen LogP contribution is 2.10. The van der Waals surface area contributed by atoms with Crippen molar-refractivity contribution >= 4 is 40.7 Å². The molecule has 0 radical (unpaired) electrons. The van der Waals surface area contributed by atoms with Crippen LogP contribution in [0.25, 0.3) is 0 Å². The average molecular weight is 350 g/mol. The van der Waals surface area contributed by atoms with Crippen LogP contribution in [0, 0.1) is 5.92 Å². The fraction of sp³-hybridized carbons (Fsp3) is 0.375. The maximum Gasteiger partial charge on any atom is 0.269 e. The molecule has 1 rings (SSSR count). The molecule has 8 heteroatoms. The molecular weight excluding hydrogens is 328 g/mol. The van der Waals surface area contributed by atoms with Crippen molar-refractivity contribution in [2.24, 2.45) is 5.92 Å². The number of carbonyl (C=O) groups is 3. The number of carbonyl (C=O) groups excluding carboxylic acids is 3. The summed E-state index contributed by atoms with van der Waals surface area (Å²) in [6, 6.07) is 6.44. The fourth-order valence-electron chi connectivity index (χ4n) is 1.63. The summed E-state index contributed by atoms with van der Waals surface area (Å²) in [5.74, 6) is -0.935. The minimum Gasteiger partial charge on any atom is -0.326 e. The summed E-state index contributed by atoms with van der Waals surface area (Å²) in [6.07, 6.45) is 1.22. The number of hydrogen-bond donors (Lipinski definition) is 4. The molecule has 3 amide bonds. The first-order chi connectivity index (χ1) is 11.3. The molecule has 0 saturated heterocycles. The number of hydrazine groups is 1. The number of hydrogen-bond acceptors (Lipinski definition) is 4. The van der Waals surface area contributed by atoms with Gasteiger partial charge in [-0.15, -0.1) is 0 Å². The lowest BCUT2D eigenvalue weighted by molar-refractivity contribution is -0.122. The zero-order chi connectivity index (χ0) is 18.1. The molecule has 0 aliphatic heterocycles. The molecule has 0 spiro atoms. The quantitative estimate of drug-likeness (QED) is 0.479. The van der Waals surface area contributed by atoms with Gasteiger partial charge < -0.3 is 10.6 Å². The molecular formula is C16H22N4O3S. The average Bonchev–Trinajstić information content (AvgIpc) is 2.53. The molecule has 1 aromatic carbocycles. The molecule has 24 heavy (non-hydrogen) atoms. The van der Waals surface area contributed by atoms with Gasteiger partial charge in [-0.25, -0.2) is 0 Å². The lowest BCUT2D eigenvalue weighted by atomic mass is 10.2. The SMILES string of the molecule is CCCC(=O)Nc1ccc(C(=O)NNC(=S)NC(=O)C(C)C)cc1. The number of rotatable bonds is 5. The van der Waals surface area contributed by atoms with Gasteiger partial charge in [0.05, 0.1) is 0 Å². The lowest BCUT2D eigenvalue weighted by Crippen LogP contribution is -2.49. The van der Waals surface area contributed by atoms with Crippen LogP contribution in [0.5, 0.6) is 0 Å². The third-order valence-corrected chi connectivity index (χ3v) is 3.16. The molecule has 1 aromatic rings. The Morgan fingerprint density at radius 2 is 1.71 bits per heavy atom. The zero-order valence-electron chi connectivity index (χ0n) is 13.9. The highest BCUT2D eigenvalue weighted by molar-refractivity contribution is 7.80. The van der Waals surface area contributed by atoms with Crippen LogP contribution in [0.2, 0.25) is 0 Å². The molecule has 0 bridgehead atoms. The monoisotopic (exact) mass is 350 g/mol. The van der Waals surface area contributed by atoms with E-state index in [0.29, 0.717) is 17.7 Å². The molecule has 0 fully saturated rings. The van der Waals surface area contributed by atoms with Crippen LogP contribution in [0.4, 0.5) is 5.69 Å². The van der Waals surface area contributed by atoms with E-state index in [2.05, 4.69) is 21.5 Å². The van der Waals surface area contributed by atoms with E-state index in [0.717, 1.165) is 6.42 Å². The Hall–Kier alpha value is -2.48. The Kier molecular flexibility index (Phi) is 7.84. The van der Waals surface area contributed by atoms with Crippen LogP contribution in [-0.4, -0.2) is 22.8 Å². The lowest BCUT2D eigenvalue weighted by Gasteiger charge is -2.12. The van der Waals surface area contributed by atoms with Gasteiger partial charge in [0, 0.05) is 23.6 Å². The topological polar surface area (TPSA) is 99.3 Å². The molecule has 0 aliphatic rings. The summed E-state index contributed by atoms with van der Waals surface area (Å²) in [5.41, 5.74) is 5.86. The van der Waals surface area contributed by atoms with Crippen molar-refractivity contribution in [3.8, 4) is 0 Å². The van der Waals surface area contributed by atoms with Crippen molar-refractivity contribution < 1.29 is 14.4 Å². The number of nitrogens with one attached hydrogen (secondary N) is 4. The van der Waals surface area contributed by atoms with E-state index in [9.17, 15) is 14.4 Å². The van der Waals surface area contributed by atoms with Crippen molar-refractivity contribution in [1.82, 2.24) is 16.2 Å². The van der Waals surface area contributed by atoms with E-state index in [1.54, 1.807) is 38.1 Å². The molecule has 0 heterocycles. The highest BCUT2D eigenvalue weighted by atomic mass is 32.1. The van der Waals surface area contributed by atoms with Crippen LogP contribution in [-0.2, 0) is 9.59 Å². The molecule has 0 atom stereocenters. The van der Waals surface area contributed by atoms with Crippen LogP contribution in [0.15, 0.2) is 24.3 Å². The van der Waals surface area contributed by atoms with Gasteiger partial charge in [0.15, 0.2) is 5.11 Å². The van der Waals surface area contributed by atoms with Gasteiger partial charge in [0.25, 0.3) is 5.91 Å². The first-order valence-electron chi connectivity index (χ1n) is 7.64. The third kappa shape index (κ3) is 6.74. The van der Waals surface area contributed by atoms with Gasteiger partial charge in [-0.1, -0.05) is 20.8 Å². The number of thiocarbonyl (C=S) groups is 1. The second-order valence-corrected chi connectivity index (χ2v) is 5.84. The maximum absolute atomic E-state index is 12.0. The van der Waals surface area contributed by atoms with E-state index in [1.165, 1.54) is 0 Å². The van der Waals surface area contributed by atoms with E-state index in [1.807, 2.05) is 6.92 Å². The third-order valence-electron chi connectivity index (χ3n) is 2.96. The first-order valence-corrected chi connectivity index (χ1v) is 8.05. The summed E-state index contributed by atoms with van der Waals surface area (Å²) in [7, 11) is 0. The standard InChI is InChI=1S/C16H22N4O3S/c1-4-5-13(21)17-12-8-6-11(7-9-12)15(23)19-20-16(24)18-14(22)10(2)3/h6-10H,4-5H2,1-3H3,(H,17,21)(H,19,23)(H2,18,20,22,24). The number of amides is 3. The molecule has 0 saturated carbocycles. The van der Waals surface area contributed by atoms with Crippen LogP contribution >= 0.6 is 12.2 Å². The normalized spacial score (nSPS) is 10.0. The molecule has 0 aliphatic carbocycles. The van der Waals surface area contributed by atoms with Crippen molar-refractivity contribution in [2.75, 3.05) is 5.32 Å². The molecule has 0 unspecified atom stereocenters. The smallest absolute Gasteiger partial charge is 0.269 e. The highest BCUT2D eigenvalue weighted by Gasteiger charge is 2.10. The minimum atomic E-state index is -0.414. The van der Waals surface area contributed by atoms with Gasteiger partial charge in [0.1, 0.15) is 0 Å². The number of anilines is 1. The van der Waals surface area contributed by atoms with E-state index in [-0.39, 0.29) is 22.8 Å². The Balaban J connectivity index is 2.49. The summed E-state index contributed by atoms with van der Waals surface area (Å²) in [4.78, 5) is 34.9. The zero-order valence-corrected chi connectivity index (χ0v) is 14.8. The summed E-state index contributed by atoms with van der Waals surface area (Å²) in [6.45, 7) is 5.39. The molecule has 130 valence electrons. The van der Waals surface area contributed by atoms with Gasteiger partial charge in [0.2, 0.25) is 11.8 Å². The second-order valence-electron chi connectivity index (χ2n) is 5.43. The van der Waals surface area contributed by atoms with Gasteiger partial charge in [-0.05, 0) is 42.9 Å². The molecule has 4 N–H and O–H groups in total. The Bertz CT molecular complexity index is 614. The van der Waals surface area contributed by atoms with Crippen molar-refractivity contribution in [2.45, 2.75) is 33.6 Å². The first kappa shape index (κ1) is 19.6. The second kappa shape index (κ2) is 9.61. The van der Waals surface area contributed by atoms with Crippen LogP contribution in [0.1, 0.15) is 44.0 Å². The summed E-state index contributed by atoms with van der Waals surface area (Å²) < 4.78 is 0. The van der Waals surface area contributed by atoms with Crippen LogP contribution < -0.4 is 21.5 Å². The Morgan fingerprint density at radius 3 is 2.25 bits per heavy atom. The predicted molar refractivity (Wildman–Crippen MR) is 96.2 cm³/mol. The Morgan fingerprint density at radius 1 is 1.08 bits per heavy atom. The van der Waals surface area contributed by atoms with E-state index < -0.39 is 5.91 Å². The van der Waals surface area contributed by atoms with Gasteiger partial charge in [-0.3, -0.25) is 25.2 Å². The van der Waals surface area contributed by atoms with E-state index in [4.69, 9.17) is 12.2 Å². The maximum atomic E-state index is 12.0. The molecule has 7 nitrogen and oxygen atoms in total. The Labute approximate surface area is 146 Å². The van der Waals surface area contributed by atoms with E-state index >= 15 is 0 Å². The van der Waals surface area contributed by atoms with Crippen molar-refractivity contribution in [3.63, 3.8) is 0 Å². The molecule has 0 aromatic heterocycles. The van der Waals surface area contributed by atoms with Crippen molar-refractivity contribution in [3.05, 3.63) is 29.8 Å². The summed E-state index contributed by atoms with van der Waals surface area (Å²) >= 11 is 4.91. The largest absolute Gasteiger partial charge is 0.326 e. The minimum absolute atomic E-state index is 0.0190. The summed E-state index contributed by atoms with van der Waals surface area (Å²) in [5, 5.41) is 5.20. The fourth-order valence-corrected chi connectivity index (χ4v) is 1.78. The predicted octanol–water partition coefficient (Wildman–Crippen LogP) is 1.72. The van der Waals surface area contributed by atoms with Crippen LogP contribution in [0.3, 0.4) is 0 Å².